The number of allylic oxidation sites excluding steroid dienone is 1. The lowest BCUT2D eigenvalue weighted by molar-refractivity contribution is -0.0278. The number of hydrogen-bond donors (Lipinski definition) is 0. The first-order chi connectivity index (χ1) is 10.1. The van der Waals surface area contributed by atoms with E-state index in [2.05, 4.69) is 35.0 Å². The predicted octanol–water partition coefficient (Wildman–Crippen LogP) is 2.74. The molecule has 0 bridgehead atoms. The van der Waals surface area contributed by atoms with Gasteiger partial charge in [-0.15, -0.1) is 0 Å². The van der Waals surface area contributed by atoms with E-state index in [0.29, 0.717) is 24.2 Å². The molecule has 0 aromatic carbocycles. The van der Waals surface area contributed by atoms with Crippen molar-refractivity contribution in [3.05, 3.63) is 23.4 Å². The Morgan fingerprint density at radius 3 is 2.95 bits per heavy atom. The maximum Gasteiger partial charge on any atom is 0.246 e. The van der Waals surface area contributed by atoms with Gasteiger partial charge in [0.1, 0.15) is 6.04 Å². The fourth-order valence-corrected chi connectivity index (χ4v) is 3.48. The second kappa shape index (κ2) is 6.28. The molecule has 2 heterocycles. The van der Waals surface area contributed by atoms with E-state index in [1.165, 1.54) is 18.4 Å². The van der Waals surface area contributed by atoms with Crippen LogP contribution < -0.4 is 0 Å². The zero-order valence-corrected chi connectivity index (χ0v) is 13.2. The van der Waals surface area contributed by atoms with Gasteiger partial charge in [-0.2, -0.15) is 4.98 Å². The number of ether oxygens (including phenoxy) is 1. The smallest absolute Gasteiger partial charge is 0.246 e. The van der Waals surface area contributed by atoms with Crippen molar-refractivity contribution in [1.82, 2.24) is 15.0 Å². The molecule has 0 amide bonds. The Morgan fingerprint density at radius 1 is 1.38 bits per heavy atom. The van der Waals surface area contributed by atoms with Gasteiger partial charge in [0.15, 0.2) is 5.82 Å². The van der Waals surface area contributed by atoms with Crippen LogP contribution >= 0.6 is 0 Å². The van der Waals surface area contributed by atoms with Crippen LogP contribution in [0.25, 0.3) is 0 Å². The fraction of sp³-hybridized carbons (Fsp3) is 0.750. The third-order valence-corrected chi connectivity index (χ3v) is 4.86. The highest BCUT2D eigenvalue weighted by Gasteiger charge is 2.33. The summed E-state index contributed by atoms with van der Waals surface area (Å²) in [5, 5.41) is 3.92. The Bertz CT molecular complexity index is 511. The first-order valence-electron chi connectivity index (χ1n) is 7.94. The zero-order valence-electron chi connectivity index (χ0n) is 13.2. The molecule has 0 unspecified atom stereocenters. The first-order valence-corrected chi connectivity index (χ1v) is 7.94. The third-order valence-electron chi connectivity index (χ3n) is 4.86. The van der Waals surface area contributed by atoms with E-state index in [1.807, 2.05) is 6.92 Å². The van der Waals surface area contributed by atoms with Crippen molar-refractivity contribution >= 4 is 0 Å². The topological polar surface area (TPSA) is 51.4 Å². The molecule has 1 aromatic rings. The summed E-state index contributed by atoms with van der Waals surface area (Å²) in [7, 11) is 0. The van der Waals surface area contributed by atoms with Gasteiger partial charge in [0.2, 0.25) is 5.89 Å². The number of rotatable bonds is 3. The lowest BCUT2D eigenvalue weighted by atomic mass is 9.79. The second-order valence-corrected chi connectivity index (χ2v) is 6.37. The number of nitrogens with zero attached hydrogens (tertiary/aromatic N) is 3. The molecular weight excluding hydrogens is 266 g/mol. The van der Waals surface area contributed by atoms with Gasteiger partial charge < -0.3 is 9.26 Å². The van der Waals surface area contributed by atoms with Gasteiger partial charge in [0.25, 0.3) is 0 Å². The Balaban J connectivity index is 1.75. The Hall–Kier alpha value is -1.20. The summed E-state index contributed by atoms with van der Waals surface area (Å²) in [5.74, 6) is 2.75. The third kappa shape index (κ3) is 3.19. The van der Waals surface area contributed by atoms with Crippen molar-refractivity contribution in [2.24, 2.45) is 11.8 Å². The summed E-state index contributed by atoms with van der Waals surface area (Å²) in [6.07, 6.45) is 4.91. The van der Waals surface area contributed by atoms with Crippen LogP contribution in [-0.2, 0) is 4.74 Å². The minimum Gasteiger partial charge on any atom is -0.378 e. The van der Waals surface area contributed by atoms with Crippen LogP contribution in [0.1, 0.15) is 44.4 Å². The van der Waals surface area contributed by atoms with E-state index >= 15 is 0 Å². The molecule has 0 radical (unpaired) electrons. The van der Waals surface area contributed by atoms with Gasteiger partial charge >= 0.3 is 0 Å². The van der Waals surface area contributed by atoms with Gasteiger partial charge in [0, 0.05) is 13.1 Å². The summed E-state index contributed by atoms with van der Waals surface area (Å²) in [5.41, 5.74) is 1.53. The maximum absolute atomic E-state index is 5.63. The Labute approximate surface area is 126 Å². The lowest BCUT2D eigenvalue weighted by Gasteiger charge is -2.38. The average Bonchev–Trinajstić information content (AvgIpc) is 2.90. The molecule has 0 N–H and O–H groups in total. The van der Waals surface area contributed by atoms with E-state index in [0.717, 1.165) is 25.6 Å². The number of aromatic nitrogens is 2. The first kappa shape index (κ1) is 14.7. The molecule has 2 aliphatic rings. The second-order valence-electron chi connectivity index (χ2n) is 6.37. The van der Waals surface area contributed by atoms with Crippen molar-refractivity contribution in [1.29, 1.82) is 0 Å². The Morgan fingerprint density at radius 2 is 2.24 bits per heavy atom. The lowest BCUT2D eigenvalue weighted by Crippen LogP contribution is -2.43. The minimum absolute atomic E-state index is 0.0990. The van der Waals surface area contributed by atoms with Gasteiger partial charge in [-0.05, 0) is 38.5 Å². The minimum atomic E-state index is 0.0990. The number of morpholine rings is 1. The molecule has 1 fully saturated rings. The summed E-state index contributed by atoms with van der Waals surface area (Å²) in [6, 6.07) is 0.0990. The molecule has 5 nitrogen and oxygen atoms in total. The molecule has 3 atom stereocenters. The molecule has 3 rings (SSSR count). The Kier molecular flexibility index (Phi) is 4.40. The highest BCUT2D eigenvalue weighted by Crippen LogP contribution is 2.33. The SMILES string of the molecule is CC1=CCC[C@H](C)[C@H]1CN1CCOC[C@H]1c1nc(C)no1. The van der Waals surface area contributed by atoms with Crippen LogP contribution in [0.4, 0.5) is 0 Å². The van der Waals surface area contributed by atoms with E-state index < -0.39 is 0 Å². The van der Waals surface area contributed by atoms with Gasteiger partial charge in [-0.1, -0.05) is 23.7 Å². The van der Waals surface area contributed by atoms with E-state index in [1.54, 1.807) is 0 Å². The number of aryl methyl sites for hydroxylation is 1. The van der Waals surface area contributed by atoms with Crippen molar-refractivity contribution in [3.8, 4) is 0 Å². The average molecular weight is 291 g/mol. The highest BCUT2D eigenvalue weighted by atomic mass is 16.5. The van der Waals surface area contributed by atoms with E-state index in [-0.39, 0.29) is 6.04 Å². The normalized spacial score (nSPS) is 31.2. The molecule has 1 saturated heterocycles. The number of hydrogen-bond acceptors (Lipinski definition) is 5. The highest BCUT2D eigenvalue weighted by molar-refractivity contribution is 5.10. The molecule has 1 aliphatic carbocycles. The molecule has 0 saturated carbocycles. The monoisotopic (exact) mass is 291 g/mol. The van der Waals surface area contributed by atoms with Crippen molar-refractivity contribution in [2.75, 3.05) is 26.3 Å². The van der Waals surface area contributed by atoms with Crippen LogP contribution in [0, 0.1) is 18.8 Å². The molecule has 1 aliphatic heterocycles. The molecule has 1 aromatic heterocycles. The molecule has 21 heavy (non-hydrogen) atoms. The quantitative estimate of drug-likeness (QED) is 0.802. The summed E-state index contributed by atoms with van der Waals surface area (Å²) in [4.78, 5) is 6.86. The van der Waals surface area contributed by atoms with E-state index in [9.17, 15) is 0 Å². The van der Waals surface area contributed by atoms with Gasteiger partial charge in [-0.25, -0.2) is 0 Å². The van der Waals surface area contributed by atoms with Crippen LogP contribution in [0.15, 0.2) is 16.2 Å². The van der Waals surface area contributed by atoms with Crippen molar-refractivity contribution < 1.29 is 9.26 Å². The van der Waals surface area contributed by atoms with Crippen LogP contribution in [-0.4, -0.2) is 41.3 Å². The van der Waals surface area contributed by atoms with Crippen molar-refractivity contribution in [3.63, 3.8) is 0 Å². The molecule has 0 spiro atoms. The van der Waals surface area contributed by atoms with Crippen LogP contribution in [0.5, 0.6) is 0 Å². The van der Waals surface area contributed by atoms with Crippen LogP contribution in [0.2, 0.25) is 0 Å². The summed E-state index contributed by atoms with van der Waals surface area (Å²) < 4.78 is 11.0. The van der Waals surface area contributed by atoms with Gasteiger partial charge in [-0.3, -0.25) is 4.90 Å². The predicted molar refractivity (Wildman–Crippen MR) is 79.8 cm³/mol. The molecule has 116 valence electrons. The van der Waals surface area contributed by atoms with Crippen molar-refractivity contribution in [2.45, 2.75) is 39.7 Å². The molecular formula is C16H25N3O2. The largest absolute Gasteiger partial charge is 0.378 e. The van der Waals surface area contributed by atoms with Crippen LogP contribution in [0.3, 0.4) is 0 Å². The van der Waals surface area contributed by atoms with E-state index in [4.69, 9.17) is 9.26 Å². The molecule has 5 heteroatoms. The standard InChI is InChI=1S/C16H25N3O2/c1-11-5-4-6-12(2)14(11)9-19-7-8-20-10-15(19)16-17-13(3)18-21-16/h5,12,14-15H,4,6-10H2,1-3H3/t12-,14-,15-/m0/s1. The zero-order chi connectivity index (χ0) is 14.8. The van der Waals surface area contributed by atoms with Gasteiger partial charge in [0.05, 0.1) is 13.2 Å². The summed E-state index contributed by atoms with van der Waals surface area (Å²) in [6.45, 7) is 9.91. The summed E-state index contributed by atoms with van der Waals surface area (Å²) >= 11 is 0. The fourth-order valence-electron chi connectivity index (χ4n) is 3.48. The maximum atomic E-state index is 5.63.